The normalized spacial score (nSPS) is 12.4. The van der Waals surface area contributed by atoms with Gasteiger partial charge in [0.25, 0.3) is 0 Å². The molecule has 0 heterocycles. The molecule has 0 spiro atoms. The minimum absolute atomic E-state index is 0.428. The first-order chi connectivity index (χ1) is 7.45. The van der Waals surface area contributed by atoms with E-state index in [-0.39, 0.29) is 0 Å². The number of hydrogen-bond donors (Lipinski definition) is 1. The first-order valence-electron chi connectivity index (χ1n) is 6.85. The van der Waals surface area contributed by atoms with Gasteiger partial charge in [-0.25, -0.2) is 0 Å². The lowest BCUT2D eigenvalue weighted by Gasteiger charge is -2.26. The van der Waals surface area contributed by atoms with E-state index in [0.29, 0.717) is 5.41 Å². The second kappa shape index (κ2) is 9.00. The fraction of sp³-hybridized carbons (Fsp3) is 1.00. The molecule has 2 nitrogen and oxygen atoms in total. The van der Waals surface area contributed by atoms with Crippen molar-refractivity contribution >= 4 is 0 Å². The maximum absolute atomic E-state index is 3.45. The number of nitrogens with one attached hydrogen (secondary N) is 1. The Morgan fingerprint density at radius 2 is 1.69 bits per heavy atom. The van der Waals surface area contributed by atoms with Crippen molar-refractivity contribution in [2.45, 2.75) is 53.4 Å². The molecule has 0 fully saturated rings. The highest BCUT2D eigenvalue weighted by molar-refractivity contribution is 4.66. The van der Waals surface area contributed by atoms with Crippen LogP contribution in [-0.4, -0.2) is 38.1 Å². The lowest BCUT2D eigenvalue weighted by Crippen LogP contribution is -2.30. The number of hydrogen-bond acceptors (Lipinski definition) is 2. The third kappa shape index (κ3) is 12.0. The number of nitrogens with zero attached hydrogens (tertiary/aromatic N) is 1. The highest BCUT2D eigenvalue weighted by Gasteiger charge is 2.12. The van der Waals surface area contributed by atoms with Crippen molar-refractivity contribution in [3.63, 3.8) is 0 Å². The van der Waals surface area contributed by atoms with E-state index < -0.39 is 0 Å². The van der Waals surface area contributed by atoms with Gasteiger partial charge in [-0.3, -0.25) is 0 Å². The summed E-state index contributed by atoms with van der Waals surface area (Å²) in [4.78, 5) is 2.46. The van der Waals surface area contributed by atoms with Crippen LogP contribution < -0.4 is 5.32 Å². The Hall–Kier alpha value is -0.0800. The predicted molar refractivity (Wildman–Crippen MR) is 74.0 cm³/mol. The molecule has 98 valence electrons. The van der Waals surface area contributed by atoms with Crippen LogP contribution in [-0.2, 0) is 0 Å². The second-order valence-electron chi connectivity index (χ2n) is 6.11. The standard InChI is InChI=1S/C14H32N2/c1-6-10-15-11-8-7-9-12-16(5)13-14(2,3)4/h15H,6-13H2,1-5H3. The fourth-order valence-electron chi connectivity index (χ4n) is 2.00. The van der Waals surface area contributed by atoms with E-state index >= 15 is 0 Å². The molecule has 0 aliphatic carbocycles. The third-order valence-corrected chi connectivity index (χ3v) is 2.56. The van der Waals surface area contributed by atoms with Gasteiger partial charge in [0.15, 0.2) is 0 Å². The molecule has 1 N–H and O–H groups in total. The highest BCUT2D eigenvalue weighted by Crippen LogP contribution is 2.14. The van der Waals surface area contributed by atoms with Crippen molar-refractivity contribution < 1.29 is 0 Å². The van der Waals surface area contributed by atoms with Crippen LogP contribution in [0.2, 0.25) is 0 Å². The lowest BCUT2D eigenvalue weighted by atomic mass is 9.96. The molecule has 2 heteroatoms. The van der Waals surface area contributed by atoms with Crippen LogP contribution in [0.4, 0.5) is 0 Å². The van der Waals surface area contributed by atoms with Gasteiger partial charge in [0, 0.05) is 6.54 Å². The molecule has 0 aromatic carbocycles. The SMILES string of the molecule is CCCNCCCCCN(C)CC(C)(C)C. The summed E-state index contributed by atoms with van der Waals surface area (Å²) < 4.78 is 0. The predicted octanol–water partition coefficient (Wildman–Crippen LogP) is 3.13. The largest absolute Gasteiger partial charge is 0.317 e. The van der Waals surface area contributed by atoms with Crippen molar-refractivity contribution in [2.75, 3.05) is 33.2 Å². The van der Waals surface area contributed by atoms with Crippen molar-refractivity contribution in [3.05, 3.63) is 0 Å². The van der Waals surface area contributed by atoms with Crippen LogP contribution in [0.25, 0.3) is 0 Å². The monoisotopic (exact) mass is 228 g/mol. The van der Waals surface area contributed by atoms with Crippen LogP contribution >= 0.6 is 0 Å². The summed E-state index contributed by atoms with van der Waals surface area (Å²) in [5.74, 6) is 0. The molecule has 0 aliphatic heterocycles. The maximum Gasteiger partial charge on any atom is 0.00270 e. The average molecular weight is 228 g/mol. The van der Waals surface area contributed by atoms with Gasteiger partial charge in [0.2, 0.25) is 0 Å². The third-order valence-electron chi connectivity index (χ3n) is 2.56. The molecule has 0 unspecified atom stereocenters. The first-order valence-corrected chi connectivity index (χ1v) is 6.85. The molecular weight excluding hydrogens is 196 g/mol. The molecule has 0 aliphatic rings. The molecule has 0 saturated heterocycles. The minimum atomic E-state index is 0.428. The van der Waals surface area contributed by atoms with E-state index in [9.17, 15) is 0 Å². The summed E-state index contributed by atoms with van der Waals surface area (Å²) in [7, 11) is 2.24. The van der Waals surface area contributed by atoms with E-state index in [1.54, 1.807) is 0 Å². The van der Waals surface area contributed by atoms with Crippen molar-refractivity contribution in [3.8, 4) is 0 Å². The lowest BCUT2D eigenvalue weighted by molar-refractivity contribution is 0.223. The Bertz CT molecular complexity index is 149. The molecule has 0 saturated carbocycles. The van der Waals surface area contributed by atoms with E-state index in [2.05, 4.69) is 45.0 Å². The molecule has 0 aromatic rings. The van der Waals surface area contributed by atoms with Crippen LogP contribution in [0, 0.1) is 5.41 Å². The Balaban J connectivity index is 3.25. The van der Waals surface area contributed by atoms with Gasteiger partial charge < -0.3 is 10.2 Å². The molecule has 16 heavy (non-hydrogen) atoms. The minimum Gasteiger partial charge on any atom is -0.317 e. The summed E-state index contributed by atoms with van der Waals surface area (Å²) in [5, 5.41) is 3.45. The Morgan fingerprint density at radius 1 is 1.00 bits per heavy atom. The average Bonchev–Trinajstić information content (AvgIpc) is 2.13. The van der Waals surface area contributed by atoms with E-state index in [1.165, 1.54) is 51.9 Å². The summed E-state index contributed by atoms with van der Waals surface area (Å²) in [6.45, 7) is 13.9. The highest BCUT2D eigenvalue weighted by atomic mass is 15.1. The molecule has 0 bridgehead atoms. The van der Waals surface area contributed by atoms with Crippen LogP contribution in [0.15, 0.2) is 0 Å². The summed E-state index contributed by atoms with van der Waals surface area (Å²) in [6, 6.07) is 0. The Kier molecular flexibility index (Phi) is 8.96. The topological polar surface area (TPSA) is 15.3 Å². The van der Waals surface area contributed by atoms with Crippen molar-refractivity contribution in [1.29, 1.82) is 0 Å². The van der Waals surface area contributed by atoms with E-state index in [0.717, 1.165) is 0 Å². The van der Waals surface area contributed by atoms with Gasteiger partial charge in [-0.05, 0) is 51.4 Å². The quantitative estimate of drug-likeness (QED) is 0.610. The molecular formula is C14H32N2. The molecule has 0 radical (unpaired) electrons. The van der Waals surface area contributed by atoms with Gasteiger partial charge in [0.05, 0.1) is 0 Å². The van der Waals surface area contributed by atoms with Gasteiger partial charge in [0.1, 0.15) is 0 Å². The van der Waals surface area contributed by atoms with Crippen molar-refractivity contribution in [2.24, 2.45) is 5.41 Å². The molecule has 0 atom stereocenters. The van der Waals surface area contributed by atoms with E-state index in [1.807, 2.05) is 0 Å². The van der Waals surface area contributed by atoms with Crippen LogP contribution in [0.3, 0.4) is 0 Å². The second-order valence-corrected chi connectivity index (χ2v) is 6.11. The van der Waals surface area contributed by atoms with Gasteiger partial charge in [-0.15, -0.1) is 0 Å². The zero-order valence-electron chi connectivity index (χ0n) is 12.1. The first kappa shape index (κ1) is 15.9. The summed E-state index contributed by atoms with van der Waals surface area (Å²) in [6.07, 6.45) is 5.25. The smallest absolute Gasteiger partial charge is 0.00270 e. The molecule has 0 rings (SSSR count). The summed E-state index contributed by atoms with van der Waals surface area (Å²) in [5.41, 5.74) is 0.428. The molecule has 0 aromatic heterocycles. The maximum atomic E-state index is 3.45. The fourth-order valence-corrected chi connectivity index (χ4v) is 2.00. The zero-order valence-corrected chi connectivity index (χ0v) is 12.1. The van der Waals surface area contributed by atoms with Crippen LogP contribution in [0.5, 0.6) is 0 Å². The van der Waals surface area contributed by atoms with E-state index in [4.69, 9.17) is 0 Å². The van der Waals surface area contributed by atoms with Gasteiger partial charge >= 0.3 is 0 Å². The summed E-state index contributed by atoms with van der Waals surface area (Å²) >= 11 is 0. The van der Waals surface area contributed by atoms with Crippen molar-refractivity contribution in [1.82, 2.24) is 10.2 Å². The Morgan fingerprint density at radius 3 is 2.25 bits per heavy atom. The zero-order chi connectivity index (χ0) is 12.4. The Labute approximate surface area is 103 Å². The molecule has 0 amide bonds. The van der Waals surface area contributed by atoms with Gasteiger partial charge in [-0.2, -0.15) is 0 Å². The number of rotatable bonds is 9. The van der Waals surface area contributed by atoms with Gasteiger partial charge in [-0.1, -0.05) is 34.1 Å². The number of unbranched alkanes of at least 4 members (excludes halogenated alkanes) is 2. The van der Waals surface area contributed by atoms with Crippen LogP contribution in [0.1, 0.15) is 53.4 Å².